The van der Waals surface area contributed by atoms with Gasteiger partial charge in [-0.15, -0.1) is 0 Å². The number of para-hydroxylation sites is 1. The molecule has 0 radical (unpaired) electrons. The molecule has 0 unspecified atom stereocenters. The second-order valence-electron chi connectivity index (χ2n) is 4.49. The van der Waals surface area contributed by atoms with Crippen molar-refractivity contribution in [2.75, 3.05) is 5.32 Å². The standard InChI is InChI=1S/C14H16BrN3/c1-9(2)11-6-4-5-7-12(11)18-14-8-13(15)16-10(3)17-14/h4-9H,1-3H3,(H,16,17,18). The highest BCUT2D eigenvalue weighted by Gasteiger charge is 2.07. The first-order valence-electron chi connectivity index (χ1n) is 5.93. The van der Waals surface area contributed by atoms with E-state index in [1.807, 2.05) is 19.1 Å². The second kappa shape index (κ2) is 5.48. The summed E-state index contributed by atoms with van der Waals surface area (Å²) in [7, 11) is 0. The average molecular weight is 306 g/mol. The summed E-state index contributed by atoms with van der Waals surface area (Å²) >= 11 is 3.38. The van der Waals surface area contributed by atoms with Gasteiger partial charge in [-0.1, -0.05) is 32.0 Å². The highest BCUT2D eigenvalue weighted by molar-refractivity contribution is 9.10. The maximum absolute atomic E-state index is 4.38. The van der Waals surface area contributed by atoms with Crippen LogP contribution in [0.3, 0.4) is 0 Å². The van der Waals surface area contributed by atoms with Crippen LogP contribution in [0.15, 0.2) is 34.9 Å². The summed E-state index contributed by atoms with van der Waals surface area (Å²) in [6, 6.07) is 10.2. The van der Waals surface area contributed by atoms with E-state index < -0.39 is 0 Å². The molecule has 1 aromatic heterocycles. The zero-order valence-electron chi connectivity index (χ0n) is 10.7. The van der Waals surface area contributed by atoms with Gasteiger partial charge in [0.15, 0.2) is 0 Å². The molecule has 1 N–H and O–H groups in total. The van der Waals surface area contributed by atoms with Crippen LogP contribution < -0.4 is 5.32 Å². The number of aryl methyl sites for hydroxylation is 1. The van der Waals surface area contributed by atoms with Crippen molar-refractivity contribution in [3.05, 3.63) is 46.3 Å². The largest absolute Gasteiger partial charge is 0.340 e. The maximum atomic E-state index is 4.38. The molecule has 0 spiro atoms. The first-order valence-corrected chi connectivity index (χ1v) is 6.72. The minimum atomic E-state index is 0.472. The third-order valence-corrected chi connectivity index (χ3v) is 3.06. The second-order valence-corrected chi connectivity index (χ2v) is 5.30. The number of nitrogens with zero attached hydrogens (tertiary/aromatic N) is 2. The van der Waals surface area contributed by atoms with Crippen LogP contribution in [0.4, 0.5) is 11.5 Å². The lowest BCUT2D eigenvalue weighted by molar-refractivity contribution is 0.868. The fraction of sp³-hybridized carbons (Fsp3) is 0.286. The minimum absolute atomic E-state index is 0.472. The molecule has 18 heavy (non-hydrogen) atoms. The fourth-order valence-electron chi connectivity index (χ4n) is 1.85. The van der Waals surface area contributed by atoms with Crippen molar-refractivity contribution in [1.82, 2.24) is 9.97 Å². The van der Waals surface area contributed by atoms with Crippen molar-refractivity contribution in [2.45, 2.75) is 26.7 Å². The van der Waals surface area contributed by atoms with Crippen molar-refractivity contribution >= 4 is 27.4 Å². The highest BCUT2D eigenvalue weighted by Crippen LogP contribution is 2.26. The molecule has 2 rings (SSSR count). The van der Waals surface area contributed by atoms with E-state index in [1.54, 1.807) is 0 Å². The lowest BCUT2D eigenvalue weighted by Crippen LogP contribution is -2.01. The molecule has 4 heteroatoms. The number of benzene rings is 1. The van der Waals surface area contributed by atoms with E-state index in [0.717, 1.165) is 21.9 Å². The Morgan fingerprint density at radius 1 is 1.17 bits per heavy atom. The minimum Gasteiger partial charge on any atom is -0.340 e. The Balaban J connectivity index is 2.34. The quantitative estimate of drug-likeness (QED) is 0.853. The molecule has 2 aromatic rings. The molecule has 0 atom stereocenters. The van der Waals surface area contributed by atoms with Crippen molar-refractivity contribution in [3.8, 4) is 0 Å². The summed E-state index contributed by atoms with van der Waals surface area (Å²) in [6.45, 7) is 6.24. The zero-order valence-corrected chi connectivity index (χ0v) is 12.3. The monoisotopic (exact) mass is 305 g/mol. The van der Waals surface area contributed by atoms with Crippen molar-refractivity contribution in [1.29, 1.82) is 0 Å². The smallest absolute Gasteiger partial charge is 0.135 e. The van der Waals surface area contributed by atoms with Crippen LogP contribution in [-0.4, -0.2) is 9.97 Å². The zero-order chi connectivity index (χ0) is 13.1. The van der Waals surface area contributed by atoms with Gasteiger partial charge in [0.05, 0.1) is 0 Å². The SMILES string of the molecule is Cc1nc(Br)cc(Nc2ccccc2C(C)C)n1. The molecule has 0 saturated heterocycles. The third kappa shape index (κ3) is 3.07. The molecule has 3 nitrogen and oxygen atoms in total. The van der Waals surface area contributed by atoms with Gasteiger partial charge in [0, 0.05) is 11.8 Å². The number of anilines is 2. The maximum Gasteiger partial charge on any atom is 0.135 e. The van der Waals surface area contributed by atoms with Crippen LogP contribution in [0.2, 0.25) is 0 Å². The number of halogens is 1. The molecule has 0 amide bonds. The topological polar surface area (TPSA) is 37.8 Å². The van der Waals surface area contributed by atoms with Gasteiger partial charge in [-0.05, 0) is 40.4 Å². The Bertz CT molecular complexity index is 532. The van der Waals surface area contributed by atoms with Crippen LogP contribution >= 0.6 is 15.9 Å². The molecule has 1 heterocycles. The molecular weight excluding hydrogens is 290 g/mol. The lowest BCUT2D eigenvalue weighted by Gasteiger charge is -2.14. The van der Waals surface area contributed by atoms with E-state index in [0.29, 0.717) is 5.92 Å². The predicted octanol–water partition coefficient (Wildman–Crippen LogP) is 4.41. The molecule has 0 aliphatic heterocycles. The van der Waals surface area contributed by atoms with Crippen molar-refractivity contribution in [3.63, 3.8) is 0 Å². The third-order valence-electron chi connectivity index (χ3n) is 2.65. The molecule has 0 bridgehead atoms. The number of aromatic nitrogens is 2. The number of hydrogen-bond acceptors (Lipinski definition) is 3. The number of rotatable bonds is 3. The summed E-state index contributed by atoms with van der Waals surface area (Å²) < 4.78 is 0.791. The summed E-state index contributed by atoms with van der Waals surface area (Å²) in [5.74, 6) is 2.02. The van der Waals surface area contributed by atoms with Gasteiger partial charge in [-0.2, -0.15) is 0 Å². The van der Waals surface area contributed by atoms with Crippen LogP contribution in [-0.2, 0) is 0 Å². The van der Waals surface area contributed by atoms with Gasteiger partial charge in [0.25, 0.3) is 0 Å². The van der Waals surface area contributed by atoms with Gasteiger partial charge in [-0.3, -0.25) is 0 Å². The van der Waals surface area contributed by atoms with E-state index in [9.17, 15) is 0 Å². The summed E-state index contributed by atoms with van der Waals surface area (Å²) in [5, 5.41) is 3.35. The first-order chi connectivity index (χ1) is 8.56. The van der Waals surface area contributed by atoms with Gasteiger partial charge in [-0.25, -0.2) is 9.97 Å². The van der Waals surface area contributed by atoms with Crippen LogP contribution in [0.1, 0.15) is 31.2 Å². The first kappa shape index (κ1) is 13.0. The Morgan fingerprint density at radius 3 is 2.56 bits per heavy atom. The molecule has 94 valence electrons. The van der Waals surface area contributed by atoms with E-state index in [2.05, 4.69) is 63.3 Å². The summed E-state index contributed by atoms with van der Waals surface area (Å²) in [4.78, 5) is 8.58. The van der Waals surface area contributed by atoms with Crippen molar-refractivity contribution < 1.29 is 0 Å². The normalized spacial score (nSPS) is 10.7. The summed E-state index contributed by atoms with van der Waals surface area (Å²) in [6.07, 6.45) is 0. The molecule has 1 aromatic carbocycles. The molecule has 0 aliphatic carbocycles. The lowest BCUT2D eigenvalue weighted by atomic mass is 10.0. The van der Waals surface area contributed by atoms with E-state index in [1.165, 1.54) is 5.56 Å². The van der Waals surface area contributed by atoms with Crippen LogP contribution in [0, 0.1) is 6.92 Å². The Kier molecular flexibility index (Phi) is 3.97. The average Bonchev–Trinajstić information content (AvgIpc) is 2.27. The van der Waals surface area contributed by atoms with Crippen LogP contribution in [0.5, 0.6) is 0 Å². The number of hydrogen-bond donors (Lipinski definition) is 1. The van der Waals surface area contributed by atoms with Gasteiger partial charge in [0.1, 0.15) is 16.2 Å². The van der Waals surface area contributed by atoms with E-state index in [4.69, 9.17) is 0 Å². The molecule has 0 saturated carbocycles. The summed E-state index contributed by atoms with van der Waals surface area (Å²) in [5.41, 5.74) is 2.38. The van der Waals surface area contributed by atoms with E-state index >= 15 is 0 Å². The van der Waals surface area contributed by atoms with Gasteiger partial charge < -0.3 is 5.32 Å². The van der Waals surface area contributed by atoms with Crippen LogP contribution in [0.25, 0.3) is 0 Å². The Hall–Kier alpha value is -1.42. The van der Waals surface area contributed by atoms with Gasteiger partial charge >= 0.3 is 0 Å². The Morgan fingerprint density at radius 2 is 1.89 bits per heavy atom. The molecule has 0 aliphatic rings. The van der Waals surface area contributed by atoms with Crippen molar-refractivity contribution in [2.24, 2.45) is 0 Å². The molecular formula is C14H16BrN3. The predicted molar refractivity (Wildman–Crippen MR) is 78.3 cm³/mol. The fourth-order valence-corrected chi connectivity index (χ4v) is 2.32. The Labute approximate surface area is 116 Å². The number of nitrogens with one attached hydrogen (secondary N) is 1. The molecule has 0 fully saturated rings. The van der Waals surface area contributed by atoms with Gasteiger partial charge in [0.2, 0.25) is 0 Å². The van der Waals surface area contributed by atoms with E-state index in [-0.39, 0.29) is 0 Å². The highest BCUT2D eigenvalue weighted by atomic mass is 79.9.